The molecule has 0 saturated carbocycles. The summed E-state index contributed by atoms with van der Waals surface area (Å²) in [7, 11) is 0. The van der Waals surface area contributed by atoms with E-state index in [1.54, 1.807) is 24.3 Å². The van der Waals surface area contributed by atoms with Crippen molar-refractivity contribution in [1.29, 1.82) is 0 Å². The molecule has 1 aromatic heterocycles. The van der Waals surface area contributed by atoms with Gasteiger partial charge in [0.05, 0.1) is 11.8 Å². The minimum atomic E-state index is -3.95. The van der Waals surface area contributed by atoms with E-state index in [0.29, 0.717) is 17.0 Å². The summed E-state index contributed by atoms with van der Waals surface area (Å²) in [6.45, 7) is 3.78. The Balaban J connectivity index is 1.51. The van der Waals surface area contributed by atoms with Crippen molar-refractivity contribution in [3.63, 3.8) is 0 Å². The zero-order chi connectivity index (χ0) is 23.0. The number of rotatable bonds is 5. The van der Waals surface area contributed by atoms with Crippen LogP contribution in [-0.2, 0) is 4.79 Å². The van der Waals surface area contributed by atoms with Gasteiger partial charge in [0.2, 0.25) is 11.9 Å². The van der Waals surface area contributed by atoms with Crippen molar-refractivity contribution < 1.29 is 27.8 Å². The fourth-order valence-electron chi connectivity index (χ4n) is 2.90. The monoisotopic (exact) mass is 444 g/mol. The normalized spacial score (nSPS) is 14.3. The number of anilines is 4. The largest absolute Gasteiger partial charge is 0.491 e. The summed E-state index contributed by atoms with van der Waals surface area (Å²) in [6, 6.07) is 10.5. The number of nitrogens with one attached hydrogen (secondary N) is 2. The topological polar surface area (TPSA) is 133 Å². The Kier molecular flexibility index (Phi) is 5.12. The summed E-state index contributed by atoms with van der Waals surface area (Å²) in [4.78, 5) is 28.1. The Morgan fingerprint density at radius 2 is 1.97 bits per heavy atom. The number of halogens is 2. The first kappa shape index (κ1) is 21.0. The van der Waals surface area contributed by atoms with Crippen molar-refractivity contribution in [2.24, 2.45) is 0 Å². The minimum Gasteiger partial charge on any atom is -0.491 e. The molecule has 0 bridgehead atoms. The lowest BCUT2D eigenvalue weighted by molar-refractivity contribution is -0.189. The molecule has 0 saturated heterocycles. The molecule has 4 rings (SSSR count). The molecule has 0 atom stereocenters. The quantitative estimate of drug-likeness (QED) is 0.547. The number of hydrogen-bond acceptors (Lipinski definition) is 8. The van der Waals surface area contributed by atoms with Crippen molar-refractivity contribution in [2.45, 2.75) is 26.1 Å². The summed E-state index contributed by atoms with van der Waals surface area (Å²) in [5, 5.41) is 8.91. The number of benzene rings is 2. The van der Waals surface area contributed by atoms with E-state index in [9.17, 15) is 18.4 Å². The zero-order valence-electron chi connectivity index (χ0n) is 16.9. The molecule has 1 amide bonds. The van der Waals surface area contributed by atoms with Gasteiger partial charge in [-0.25, -0.2) is 0 Å². The van der Waals surface area contributed by atoms with Crippen LogP contribution in [0.3, 0.4) is 0 Å². The Labute approximate surface area is 180 Å². The third-order valence-electron chi connectivity index (χ3n) is 4.28. The van der Waals surface area contributed by atoms with E-state index >= 15 is 0 Å². The predicted octanol–water partition coefficient (Wildman–Crippen LogP) is 3.00. The van der Waals surface area contributed by atoms with E-state index in [0.717, 1.165) is 4.68 Å². The van der Waals surface area contributed by atoms with Crippen LogP contribution in [0.15, 0.2) is 42.5 Å². The molecule has 12 heteroatoms. The highest BCUT2D eigenvalue weighted by Crippen LogP contribution is 2.37. The Morgan fingerprint density at radius 1 is 1.25 bits per heavy atom. The molecular weight excluding hydrogens is 426 g/mol. The Bertz CT molecular complexity index is 1190. The van der Waals surface area contributed by atoms with Gasteiger partial charge in [-0.3, -0.25) is 9.59 Å². The standard InChI is InChI=1S/C20H18F2N6O4/c1-10(2)31-13-6-3-11(4-7-13)16(29)28-18(23)26-19(27-28)24-12-5-8-15-14(9-12)25-17(30)20(21,22)32-15/h3-10H,1-2H3,(H,25,30)(H3,23,24,26,27). The molecule has 2 heterocycles. The van der Waals surface area contributed by atoms with E-state index in [-0.39, 0.29) is 29.4 Å². The van der Waals surface area contributed by atoms with Crippen molar-refractivity contribution in [3.8, 4) is 11.5 Å². The molecule has 0 fully saturated rings. The molecule has 1 aliphatic rings. The average molecular weight is 444 g/mol. The number of aromatic nitrogens is 3. The van der Waals surface area contributed by atoms with E-state index < -0.39 is 17.9 Å². The van der Waals surface area contributed by atoms with Gasteiger partial charge in [0, 0.05) is 11.3 Å². The summed E-state index contributed by atoms with van der Waals surface area (Å²) in [5.74, 6) is -1.83. The highest BCUT2D eigenvalue weighted by atomic mass is 19.3. The van der Waals surface area contributed by atoms with Gasteiger partial charge in [0.15, 0.2) is 5.75 Å². The average Bonchev–Trinajstić information content (AvgIpc) is 3.08. The van der Waals surface area contributed by atoms with Crippen LogP contribution in [0.2, 0.25) is 0 Å². The second-order valence-corrected chi connectivity index (χ2v) is 7.11. The van der Waals surface area contributed by atoms with Crippen LogP contribution >= 0.6 is 0 Å². The third kappa shape index (κ3) is 4.15. The van der Waals surface area contributed by atoms with Crippen LogP contribution in [0.25, 0.3) is 0 Å². The number of carbonyl (C=O) groups is 2. The summed E-state index contributed by atoms with van der Waals surface area (Å²) in [5.41, 5.74) is 6.53. The van der Waals surface area contributed by atoms with Crippen molar-refractivity contribution in [2.75, 3.05) is 16.4 Å². The molecule has 166 valence electrons. The first-order valence-electron chi connectivity index (χ1n) is 9.46. The molecule has 32 heavy (non-hydrogen) atoms. The van der Waals surface area contributed by atoms with Crippen LogP contribution < -0.4 is 25.8 Å². The fraction of sp³-hybridized carbons (Fsp3) is 0.200. The Morgan fingerprint density at radius 3 is 2.66 bits per heavy atom. The van der Waals surface area contributed by atoms with Gasteiger partial charge in [-0.05, 0) is 56.3 Å². The van der Waals surface area contributed by atoms with E-state index in [4.69, 9.17) is 10.5 Å². The van der Waals surface area contributed by atoms with E-state index in [2.05, 4.69) is 25.5 Å². The lowest BCUT2D eigenvalue weighted by Gasteiger charge is -2.24. The van der Waals surface area contributed by atoms with Gasteiger partial charge in [-0.2, -0.15) is 18.4 Å². The number of carbonyl (C=O) groups excluding carboxylic acids is 2. The van der Waals surface area contributed by atoms with Crippen molar-refractivity contribution in [1.82, 2.24) is 14.8 Å². The molecule has 0 radical (unpaired) electrons. The van der Waals surface area contributed by atoms with Crippen LogP contribution in [-0.4, -0.2) is 38.8 Å². The van der Waals surface area contributed by atoms with Crippen LogP contribution in [0.4, 0.5) is 32.1 Å². The number of alkyl halides is 2. The molecule has 4 N–H and O–H groups in total. The number of nitrogen functional groups attached to an aromatic ring is 1. The fourth-order valence-corrected chi connectivity index (χ4v) is 2.90. The predicted molar refractivity (Wildman–Crippen MR) is 110 cm³/mol. The first-order chi connectivity index (χ1) is 15.1. The van der Waals surface area contributed by atoms with Crippen molar-refractivity contribution in [3.05, 3.63) is 48.0 Å². The summed E-state index contributed by atoms with van der Waals surface area (Å²) < 4.78 is 37.5. The number of nitrogens with zero attached hydrogens (tertiary/aromatic N) is 3. The van der Waals surface area contributed by atoms with Gasteiger partial charge in [-0.15, -0.1) is 5.10 Å². The minimum absolute atomic E-state index is 0.00360. The zero-order valence-corrected chi connectivity index (χ0v) is 16.9. The third-order valence-corrected chi connectivity index (χ3v) is 4.28. The van der Waals surface area contributed by atoms with Crippen LogP contribution in [0.1, 0.15) is 24.2 Å². The summed E-state index contributed by atoms with van der Waals surface area (Å²) >= 11 is 0. The van der Waals surface area contributed by atoms with Gasteiger partial charge >= 0.3 is 12.0 Å². The maximum Gasteiger partial charge on any atom is 0.482 e. The SMILES string of the molecule is CC(C)Oc1ccc(C(=O)n2nc(Nc3ccc4c(c3)NC(=O)C(F)(F)O4)nc2N)cc1. The molecule has 10 nitrogen and oxygen atoms in total. The van der Waals surface area contributed by atoms with Gasteiger partial charge in [0.1, 0.15) is 5.75 Å². The maximum absolute atomic E-state index is 13.3. The van der Waals surface area contributed by atoms with Gasteiger partial charge in [0.25, 0.3) is 5.91 Å². The number of ether oxygens (including phenoxy) is 2. The van der Waals surface area contributed by atoms with E-state index in [1.165, 1.54) is 18.2 Å². The van der Waals surface area contributed by atoms with Crippen molar-refractivity contribution >= 4 is 35.1 Å². The number of amides is 1. The second-order valence-electron chi connectivity index (χ2n) is 7.11. The van der Waals surface area contributed by atoms with Gasteiger partial charge in [-0.1, -0.05) is 0 Å². The number of hydrogen-bond donors (Lipinski definition) is 3. The molecule has 3 aromatic rings. The summed E-state index contributed by atoms with van der Waals surface area (Å²) in [6.07, 6.45) is -3.95. The lowest BCUT2D eigenvalue weighted by atomic mass is 10.2. The van der Waals surface area contributed by atoms with Crippen LogP contribution in [0.5, 0.6) is 11.5 Å². The highest BCUT2D eigenvalue weighted by Gasteiger charge is 2.46. The maximum atomic E-state index is 13.3. The molecule has 0 spiro atoms. The molecule has 2 aromatic carbocycles. The van der Waals surface area contributed by atoms with E-state index in [1.807, 2.05) is 13.8 Å². The molecular formula is C20H18F2N6O4. The smallest absolute Gasteiger partial charge is 0.482 e. The van der Waals surface area contributed by atoms with Gasteiger partial charge < -0.3 is 25.8 Å². The molecule has 0 unspecified atom stereocenters. The lowest BCUT2D eigenvalue weighted by Crippen LogP contribution is -2.43. The second kappa shape index (κ2) is 7.80. The molecule has 0 aliphatic carbocycles. The number of fused-ring (bicyclic) bond motifs is 1. The highest BCUT2D eigenvalue weighted by molar-refractivity contribution is 5.99. The molecule has 1 aliphatic heterocycles. The van der Waals surface area contributed by atoms with Crippen LogP contribution in [0, 0.1) is 0 Å². The number of nitrogens with two attached hydrogens (primary N) is 1. The Hall–Kier alpha value is -4.22. The first-order valence-corrected chi connectivity index (χ1v) is 9.46.